The molecule has 0 fully saturated rings. The van der Waals surface area contributed by atoms with Crippen LogP contribution >= 0.6 is 11.6 Å². The number of aromatic amines is 1. The van der Waals surface area contributed by atoms with Crippen LogP contribution in [0.2, 0.25) is 5.02 Å². The molecule has 0 amide bonds. The van der Waals surface area contributed by atoms with Gasteiger partial charge in [0.15, 0.2) is 5.78 Å². The Bertz CT molecular complexity index is 501. The lowest BCUT2D eigenvalue weighted by Crippen LogP contribution is -1.96. The van der Waals surface area contributed by atoms with Crippen molar-refractivity contribution < 1.29 is 4.79 Å². The summed E-state index contributed by atoms with van der Waals surface area (Å²) in [4.78, 5) is 14.9. The number of halogens is 1. The number of H-pyrrole nitrogens is 1. The van der Waals surface area contributed by atoms with Crippen LogP contribution < -0.4 is 0 Å². The standard InChI is InChI=1S/C12H12ClNO/c1-2-4-11(15)8-7-14-10-6-3-5-9(13)12(8)10/h3,5-7,14H,2,4H2,1H3. The van der Waals surface area contributed by atoms with Crippen LogP contribution in [0, 0.1) is 0 Å². The number of carbonyl (C=O) groups excluding carboxylic acids is 1. The van der Waals surface area contributed by atoms with Gasteiger partial charge in [-0.05, 0) is 18.6 Å². The van der Waals surface area contributed by atoms with E-state index in [0.717, 1.165) is 17.3 Å². The first-order valence-electron chi connectivity index (χ1n) is 5.03. The molecule has 3 heteroatoms. The summed E-state index contributed by atoms with van der Waals surface area (Å²) in [5.41, 5.74) is 1.62. The molecule has 2 rings (SSSR count). The number of carbonyl (C=O) groups is 1. The number of nitrogens with one attached hydrogen (secondary N) is 1. The lowest BCUT2D eigenvalue weighted by Gasteiger charge is -1.98. The molecule has 1 heterocycles. The van der Waals surface area contributed by atoms with E-state index in [1.807, 2.05) is 19.1 Å². The van der Waals surface area contributed by atoms with Gasteiger partial charge in [0.25, 0.3) is 0 Å². The molecule has 15 heavy (non-hydrogen) atoms. The van der Waals surface area contributed by atoms with Gasteiger partial charge in [-0.1, -0.05) is 24.6 Å². The van der Waals surface area contributed by atoms with Crippen molar-refractivity contribution in [2.24, 2.45) is 0 Å². The van der Waals surface area contributed by atoms with Crippen LogP contribution in [0.25, 0.3) is 10.9 Å². The molecule has 0 aliphatic rings. The van der Waals surface area contributed by atoms with E-state index in [9.17, 15) is 4.79 Å². The van der Waals surface area contributed by atoms with E-state index in [4.69, 9.17) is 11.6 Å². The number of hydrogen-bond acceptors (Lipinski definition) is 1. The monoisotopic (exact) mass is 221 g/mol. The Kier molecular flexibility index (Phi) is 2.78. The van der Waals surface area contributed by atoms with Gasteiger partial charge in [-0.3, -0.25) is 4.79 Å². The quantitative estimate of drug-likeness (QED) is 0.786. The minimum Gasteiger partial charge on any atom is -0.360 e. The van der Waals surface area contributed by atoms with Crippen LogP contribution in [0.1, 0.15) is 30.1 Å². The topological polar surface area (TPSA) is 32.9 Å². The van der Waals surface area contributed by atoms with Gasteiger partial charge in [-0.25, -0.2) is 0 Å². The minimum atomic E-state index is 0.150. The molecule has 0 saturated heterocycles. The van der Waals surface area contributed by atoms with Gasteiger partial charge in [0.1, 0.15) is 0 Å². The van der Waals surface area contributed by atoms with Crippen LogP contribution in [-0.2, 0) is 0 Å². The zero-order valence-electron chi connectivity index (χ0n) is 8.51. The maximum absolute atomic E-state index is 11.8. The Balaban J connectivity index is 2.57. The number of hydrogen-bond donors (Lipinski definition) is 1. The number of rotatable bonds is 3. The van der Waals surface area contributed by atoms with Crippen molar-refractivity contribution in [3.8, 4) is 0 Å². The molecular formula is C12H12ClNO. The molecule has 0 saturated carbocycles. The third-order valence-corrected chi connectivity index (χ3v) is 2.75. The van der Waals surface area contributed by atoms with Crippen molar-refractivity contribution in [3.63, 3.8) is 0 Å². The van der Waals surface area contributed by atoms with Crippen molar-refractivity contribution in [1.29, 1.82) is 0 Å². The first kappa shape index (κ1) is 10.2. The molecule has 2 aromatic rings. The van der Waals surface area contributed by atoms with Gasteiger partial charge < -0.3 is 4.98 Å². The predicted octanol–water partition coefficient (Wildman–Crippen LogP) is 3.80. The lowest BCUT2D eigenvalue weighted by molar-refractivity contribution is 0.0983. The summed E-state index contributed by atoms with van der Waals surface area (Å²) < 4.78 is 0. The van der Waals surface area contributed by atoms with Gasteiger partial charge >= 0.3 is 0 Å². The molecule has 0 aliphatic heterocycles. The maximum atomic E-state index is 11.8. The highest BCUT2D eigenvalue weighted by Crippen LogP contribution is 2.27. The number of Topliss-reactive ketones (excluding diaryl/α,β-unsaturated/α-hetero) is 1. The molecule has 2 nitrogen and oxygen atoms in total. The Morgan fingerprint density at radius 1 is 1.47 bits per heavy atom. The number of ketones is 1. The van der Waals surface area contributed by atoms with E-state index >= 15 is 0 Å². The van der Waals surface area contributed by atoms with Crippen LogP contribution in [0.4, 0.5) is 0 Å². The molecule has 78 valence electrons. The fourth-order valence-corrected chi connectivity index (χ4v) is 2.00. The average Bonchev–Trinajstić information content (AvgIpc) is 2.63. The summed E-state index contributed by atoms with van der Waals surface area (Å²) in [5, 5.41) is 1.48. The van der Waals surface area contributed by atoms with E-state index in [0.29, 0.717) is 17.0 Å². The third-order valence-electron chi connectivity index (χ3n) is 2.43. The molecule has 0 spiro atoms. The van der Waals surface area contributed by atoms with Crippen LogP contribution in [0.15, 0.2) is 24.4 Å². The Hall–Kier alpha value is -1.28. The van der Waals surface area contributed by atoms with E-state index in [-0.39, 0.29) is 5.78 Å². The highest BCUT2D eigenvalue weighted by atomic mass is 35.5. The van der Waals surface area contributed by atoms with Crippen LogP contribution in [-0.4, -0.2) is 10.8 Å². The van der Waals surface area contributed by atoms with E-state index < -0.39 is 0 Å². The first-order valence-corrected chi connectivity index (χ1v) is 5.40. The summed E-state index contributed by atoms with van der Waals surface area (Å²) in [5.74, 6) is 0.150. The van der Waals surface area contributed by atoms with Gasteiger partial charge in [0.05, 0.1) is 5.02 Å². The molecule has 1 aromatic carbocycles. The van der Waals surface area contributed by atoms with Crippen molar-refractivity contribution in [1.82, 2.24) is 4.98 Å². The second kappa shape index (κ2) is 4.07. The minimum absolute atomic E-state index is 0.150. The molecule has 0 unspecified atom stereocenters. The predicted molar refractivity (Wildman–Crippen MR) is 62.5 cm³/mol. The fourth-order valence-electron chi connectivity index (χ4n) is 1.72. The summed E-state index contributed by atoms with van der Waals surface area (Å²) in [6.45, 7) is 1.99. The second-order valence-corrected chi connectivity index (χ2v) is 3.95. The highest BCUT2D eigenvalue weighted by molar-refractivity contribution is 6.36. The van der Waals surface area contributed by atoms with Gasteiger partial charge in [0.2, 0.25) is 0 Å². The number of fused-ring (bicyclic) bond motifs is 1. The van der Waals surface area contributed by atoms with Crippen molar-refractivity contribution in [3.05, 3.63) is 35.0 Å². The zero-order valence-corrected chi connectivity index (χ0v) is 9.27. The smallest absolute Gasteiger partial charge is 0.165 e. The zero-order chi connectivity index (χ0) is 10.8. The fraction of sp³-hybridized carbons (Fsp3) is 0.250. The van der Waals surface area contributed by atoms with E-state index in [2.05, 4.69) is 4.98 Å². The molecule has 1 aromatic heterocycles. The second-order valence-electron chi connectivity index (χ2n) is 3.54. The van der Waals surface area contributed by atoms with Gasteiger partial charge in [-0.2, -0.15) is 0 Å². The summed E-state index contributed by atoms with van der Waals surface area (Å²) in [7, 11) is 0. The first-order chi connectivity index (χ1) is 7.24. The Labute approximate surface area is 93.2 Å². The lowest BCUT2D eigenvalue weighted by atomic mass is 10.1. The highest BCUT2D eigenvalue weighted by Gasteiger charge is 2.12. The van der Waals surface area contributed by atoms with Crippen molar-refractivity contribution >= 4 is 28.3 Å². The summed E-state index contributed by atoms with van der Waals surface area (Å²) >= 11 is 6.08. The van der Waals surface area contributed by atoms with Gasteiger partial charge in [-0.15, -0.1) is 0 Å². The SMILES string of the molecule is CCCC(=O)c1c[nH]c2cccc(Cl)c12. The third kappa shape index (κ3) is 1.77. The van der Waals surface area contributed by atoms with Crippen molar-refractivity contribution in [2.75, 3.05) is 0 Å². The average molecular weight is 222 g/mol. The van der Waals surface area contributed by atoms with Gasteiger partial charge in [0, 0.05) is 29.1 Å². The van der Waals surface area contributed by atoms with E-state index in [1.54, 1.807) is 12.3 Å². The molecule has 0 aliphatic carbocycles. The summed E-state index contributed by atoms with van der Waals surface area (Å²) in [6, 6.07) is 5.60. The number of aromatic nitrogens is 1. The van der Waals surface area contributed by atoms with Crippen molar-refractivity contribution in [2.45, 2.75) is 19.8 Å². The van der Waals surface area contributed by atoms with Crippen LogP contribution in [0.5, 0.6) is 0 Å². The Morgan fingerprint density at radius 3 is 3.00 bits per heavy atom. The Morgan fingerprint density at radius 2 is 2.27 bits per heavy atom. The molecule has 1 N–H and O–H groups in total. The molecule has 0 atom stereocenters. The van der Waals surface area contributed by atoms with E-state index in [1.165, 1.54) is 0 Å². The maximum Gasteiger partial charge on any atom is 0.165 e. The molecular weight excluding hydrogens is 210 g/mol. The normalized spacial score (nSPS) is 10.8. The van der Waals surface area contributed by atoms with Crippen LogP contribution in [0.3, 0.4) is 0 Å². The molecule has 0 radical (unpaired) electrons. The largest absolute Gasteiger partial charge is 0.360 e. The summed E-state index contributed by atoms with van der Waals surface area (Å²) in [6.07, 6.45) is 3.17. The number of benzene rings is 1. The molecule has 0 bridgehead atoms.